The van der Waals surface area contributed by atoms with E-state index in [0.29, 0.717) is 99.7 Å². The Bertz CT molecular complexity index is 1430. The zero-order valence-corrected chi connectivity index (χ0v) is 47.9. The van der Waals surface area contributed by atoms with Gasteiger partial charge in [0.25, 0.3) is 0 Å². The highest BCUT2D eigenvalue weighted by Gasteiger charge is 2.24. The Morgan fingerprint density at radius 1 is 0.432 bits per heavy atom. The van der Waals surface area contributed by atoms with Gasteiger partial charge in [-0.2, -0.15) is 0 Å². The maximum absolute atomic E-state index is 12.6. The Morgan fingerprint density at radius 3 is 1.15 bits per heavy atom. The molecule has 0 aromatic heterocycles. The van der Waals surface area contributed by atoms with E-state index in [1.165, 1.54) is 0 Å². The number of ether oxygens (including phenoxy) is 4. The maximum atomic E-state index is 12.6. The van der Waals surface area contributed by atoms with Gasteiger partial charge in [0.2, 0.25) is 11.8 Å². The van der Waals surface area contributed by atoms with Crippen LogP contribution in [0.25, 0.3) is 0 Å². The van der Waals surface area contributed by atoms with Gasteiger partial charge in [-0.1, -0.05) is 102 Å². The number of unbranched alkanes of at least 4 members (excludes halogenated alkanes) is 14. The number of esters is 4. The second-order valence-corrected chi connectivity index (χ2v) is 22.1. The van der Waals surface area contributed by atoms with Crippen LogP contribution in [0.4, 0.5) is 0 Å². The summed E-state index contributed by atoms with van der Waals surface area (Å²) in [6, 6.07) is 0. The fraction of sp³-hybridized carbons (Fsp3) is 0.828. The van der Waals surface area contributed by atoms with Crippen molar-refractivity contribution in [3.63, 3.8) is 0 Å². The number of hydrogen-bond donors (Lipinski definition) is 4. The third-order valence-corrected chi connectivity index (χ3v) is 12.6. The fourth-order valence-corrected chi connectivity index (χ4v) is 7.82. The first-order valence-corrected chi connectivity index (χ1v) is 28.8. The third kappa shape index (κ3) is 46.7. The number of carbonyl (C=O) groups is 6. The van der Waals surface area contributed by atoms with Crippen molar-refractivity contribution < 1.29 is 66.9 Å². The number of carbonyl (C=O) groups excluding carboxylic acids is 6. The molecule has 4 N–H and O–H groups in total. The summed E-state index contributed by atoms with van der Waals surface area (Å²) in [5.74, 6) is -1.43. The Morgan fingerprint density at radius 2 is 0.784 bits per heavy atom. The predicted octanol–water partition coefficient (Wildman–Crippen LogP) is 9.12. The summed E-state index contributed by atoms with van der Waals surface area (Å²) in [5, 5.41) is 27.5. The van der Waals surface area contributed by atoms with Crippen molar-refractivity contribution in [2.45, 2.75) is 231 Å². The number of nitrogens with zero attached hydrogens (tertiary/aromatic N) is 2. The molecule has 4 unspecified atom stereocenters. The molecule has 0 saturated carbocycles. The molecule has 0 bridgehead atoms. The van der Waals surface area contributed by atoms with Crippen LogP contribution in [0.5, 0.6) is 0 Å². The van der Waals surface area contributed by atoms with Crippen molar-refractivity contribution in [1.82, 2.24) is 10.6 Å². The lowest BCUT2D eigenvalue weighted by Crippen LogP contribution is -2.38. The summed E-state index contributed by atoms with van der Waals surface area (Å²) in [7, 11) is 12.2. The molecule has 2 amide bonds. The molecule has 0 heterocycles. The molecule has 74 heavy (non-hydrogen) atoms. The number of amides is 2. The average molecular weight is 1050 g/mol. The predicted molar refractivity (Wildman–Crippen MR) is 294 cm³/mol. The Hall–Kier alpha value is -3.86. The fourth-order valence-electron chi connectivity index (χ4n) is 7.82. The number of quaternary nitrogens is 2. The summed E-state index contributed by atoms with van der Waals surface area (Å²) in [5.41, 5.74) is 0. The molecule has 4 atom stereocenters. The summed E-state index contributed by atoms with van der Waals surface area (Å²) < 4.78 is 23.3. The van der Waals surface area contributed by atoms with Crippen LogP contribution < -0.4 is 10.6 Å². The minimum absolute atomic E-state index is 0.000638. The Labute approximate surface area is 448 Å². The van der Waals surface area contributed by atoms with Gasteiger partial charge in [0.15, 0.2) is 0 Å². The lowest BCUT2D eigenvalue weighted by atomic mass is 10.0. The zero-order valence-electron chi connectivity index (χ0n) is 47.9. The van der Waals surface area contributed by atoms with E-state index in [1.54, 1.807) is 0 Å². The van der Waals surface area contributed by atoms with Crippen LogP contribution in [0.2, 0.25) is 0 Å². The van der Waals surface area contributed by atoms with Crippen molar-refractivity contribution in [3.05, 3.63) is 24.3 Å². The van der Waals surface area contributed by atoms with Crippen LogP contribution in [0.1, 0.15) is 206 Å². The molecule has 0 aliphatic rings. The summed E-state index contributed by atoms with van der Waals surface area (Å²) in [4.78, 5) is 73.7. The molecule has 0 aromatic carbocycles. The molecule has 0 fully saturated rings. The van der Waals surface area contributed by atoms with Crippen molar-refractivity contribution in [2.24, 2.45) is 0 Å². The van der Waals surface area contributed by atoms with Crippen molar-refractivity contribution >= 4 is 35.7 Å². The van der Waals surface area contributed by atoms with Gasteiger partial charge in [-0.25, -0.2) is 0 Å². The van der Waals surface area contributed by atoms with E-state index in [-0.39, 0.29) is 49.4 Å². The Kier molecular flexibility index (Phi) is 43.0. The molecular formula is C58H108N4O12+2. The van der Waals surface area contributed by atoms with Crippen LogP contribution in [-0.2, 0) is 47.7 Å². The number of aliphatic hydroxyl groups excluding tert-OH is 2. The number of allylic oxidation sites excluding steroid dienone is 2. The van der Waals surface area contributed by atoms with E-state index in [2.05, 4.69) is 36.6 Å². The van der Waals surface area contributed by atoms with Crippen molar-refractivity contribution in [1.29, 1.82) is 0 Å². The molecule has 16 nitrogen and oxygen atoms in total. The molecule has 0 radical (unpaired) electrons. The highest BCUT2D eigenvalue weighted by molar-refractivity contribution is 5.77. The van der Waals surface area contributed by atoms with Gasteiger partial charge in [0, 0.05) is 51.6 Å². The van der Waals surface area contributed by atoms with Crippen molar-refractivity contribution in [2.75, 3.05) is 81.7 Å². The summed E-state index contributed by atoms with van der Waals surface area (Å²) in [6.45, 7) is 7.15. The van der Waals surface area contributed by atoms with Crippen LogP contribution in [0.3, 0.4) is 0 Å². The van der Waals surface area contributed by atoms with Gasteiger partial charge in [-0.05, 0) is 89.9 Å². The van der Waals surface area contributed by atoms with Gasteiger partial charge < -0.3 is 48.8 Å². The van der Waals surface area contributed by atoms with Gasteiger partial charge in [-0.3, -0.25) is 28.8 Å². The van der Waals surface area contributed by atoms with E-state index in [0.717, 1.165) is 116 Å². The molecule has 0 aliphatic carbocycles. The summed E-state index contributed by atoms with van der Waals surface area (Å²) in [6.07, 6.45) is 26.9. The highest BCUT2D eigenvalue weighted by atomic mass is 16.6. The average Bonchev–Trinajstić information content (AvgIpc) is 3.32. The number of nitrogens with one attached hydrogen (secondary N) is 2. The topological polar surface area (TPSA) is 204 Å². The molecule has 0 rings (SSSR count). The molecule has 0 aromatic rings. The normalized spacial score (nSPS) is 13.6. The SMILES string of the molecule is CCCCCC(OC(=O)CCCC(=O)OCC[N+](C)(C)C)C(O)CC=CCCCCCCCC(=O)NCCNC(=O)CCCCCCCC=CCC(O)C(CCCCC)OC(=O)CCCC(=O)OCC[N+](C)(C)C. The first-order chi connectivity index (χ1) is 35.3. The second kappa shape index (κ2) is 45.3. The van der Waals surface area contributed by atoms with Crippen LogP contribution >= 0.6 is 0 Å². The largest absolute Gasteiger partial charge is 0.460 e. The zero-order chi connectivity index (χ0) is 55.3. The molecule has 0 spiro atoms. The molecule has 0 saturated heterocycles. The first kappa shape index (κ1) is 70.1. The van der Waals surface area contributed by atoms with E-state index in [1.807, 2.05) is 54.4 Å². The van der Waals surface area contributed by atoms with Crippen molar-refractivity contribution in [3.8, 4) is 0 Å². The van der Waals surface area contributed by atoms with E-state index >= 15 is 0 Å². The quantitative estimate of drug-likeness (QED) is 0.0148. The lowest BCUT2D eigenvalue weighted by molar-refractivity contribution is -0.870. The van der Waals surface area contributed by atoms with E-state index in [9.17, 15) is 39.0 Å². The Balaban J connectivity index is 4.08. The molecular weight excluding hydrogens is 945 g/mol. The molecule has 0 aliphatic heterocycles. The van der Waals surface area contributed by atoms with E-state index in [4.69, 9.17) is 18.9 Å². The number of hydrogen-bond acceptors (Lipinski definition) is 12. The van der Waals surface area contributed by atoms with Gasteiger partial charge in [-0.15, -0.1) is 0 Å². The summed E-state index contributed by atoms with van der Waals surface area (Å²) >= 11 is 0. The van der Waals surface area contributed by atoms with Crippen LogP contribution in [0, 0.1) is 0 Å². The number of rotatable bonds is 49. The minimum Gasteiger partial charge on any atom is -0.460 e. The molecule has 16 heteroatoms. The third-order valence-electron chi connectivity index (χ3n) is 12.6. The first-order valence-electron chi connectivity index (χ1n) is 28.8. The van der Waals surface area contributed by atoms with Gasteiger partial charge in [0.05, 0.1) is 54.5 Å². The maximum Gasteiger partial charge on any atom is 0.306 e. The van der Waals surface area contributed by atoms with Gasteiger partial charge >= 0.3 is 23.9 Å². The standard InChI is InChI=1S/C58H106N4O12/c1-9-11-25-35-51(73-57(69)41-31-39-55(67)71-47-45-61(3,4)5)49(63)33-27-21-17-13-15-19-23-29-37-53(65)59-43-44-60-54(66)38-30-24-20-16-14-18-22-28-34-50(64)52(36-26-12-10-2)74-58(70)42-32-40-56(68)72-48-46-62(6,7)8/h21-22,27-28,49-52,63-64H,9-20,23-26,29-48H2,1-8H3/p+2. The number of aliphatic hydroxyl groups is 2. The highest BCUT2D eigenvalue weighted by Crippen LogP contribution is 2.18. The molecule has 430 valence electrons. The van der Waals surface area contributed by atoms with Crippen LogP contribution in [-0.4, -0.2) is 161 Å². The van der Waals surface area contributed by atoms with Crippen LogP contribution in [0.15, 0.2) is 24.3 Å². The van der Waals surface area contributed by atoms with E-state index < -0.39 is 36.4 Å². The smallest absolute Gasteiger partial charge is 0.306 e. The monoisotopic (exact) mass is 1050 g/mol. The lowest BCUT2D eigenvalue weighted by Gasteiger charge is -2.23. The second-order valence-electron chi connectivity index (χ2n) is 22.1. The minimum atomic E-state index is -0.784. The van der Waals surface area contributed by atoms with Gasteiger partial charge in [0.1, 0.15) is 38.5 Å². The number of likely N-dealkylation sites (N-methyl/N-ethyl adjacent to an activating group) is 2.